The van der Waals surface area contributed by atoms with Crippen LogP contribution in [-0.4, -0.2) is 34.3 Å². The molecule has 0 radical (unpaired) electrons. The molecule has 0 aliphatic heterocycles. The maximum Gasteiger partial charge on any atom is 0.312 e. The van der Waals surface area contributed by atoms with E-state index in [0.29, 0.717) is 35.1 Å². The molecule has 190 valence electrons. The molecule has 6 rings (SSSR count). The molecule has 4 aromatic heterocycles. The van der Waals surface area contributed by atoms with E-state index in [1.807, 2.05) is 24.3 Å². The Morgan fingerprint density at radius 2 is 2.03 bits per heavy atom. The zero-order valence-electron chi connectivity index (χ0n) is 21.6. The van der Waals surface area contributed by atoms with Gasteiger partial charge < -0.3 is 0 Å². The van der Waals surface area contributed by atoms with Crippen molar-refractivity contribution in [2.24, 2.45) is 11.3 Å². The number of thiophene rings is 1. The maximum atomic E-state index is 11.4. The van der Waals surface area contributed by atoms with E-state index in [0.717, 1.165) is 39.8 Å². The molecule has 1 aromatic carbocycles. The molecule has 37 heavy (non-hydrogen) atoms. The summed E-state index contributed by atoms with van der Waals surface area (Å²) in [4.78, 5) is 23.2. The van der Waals surface area contributed by atoms with Gasteiger partial charge in [-0.15, -0.1) is 16.4 Å². The highest BCUT2D eigenvalue weighted by molar-refractivity contribution is 7.19. The second-order valence-electron chi connectivity index (χ2n) is 11.1. The highest BCUT2D eigenvalue weighted by Crippen LogP contribution is 2.43. The molecule has 1 aliphatic rings. The minimum atomic E-state index is -0.369. The molecule has 0 amide bonds. The van der Waals surface area contributed by atoms with Crippen LogP contribution in [0.2, 0.25) is 0 Å². The van der Waals surface area contributed by atoms with Crippen LogP contribution in [0, 0.1) is 35.3 Å². The first-order chi connectivity index (χ1) is 17.6. The van der Waals surface area contributed by atoms with Gasteiger partial charge in [-0.3, -0.25) is 14.8 Å². The minimum absolute atomic E-state index is 0.0719. The van der Waals surface area contributed by atoms with Gasteiger partial charge in [0.05, 0.1) is 16.9 Å². The summed E-state index contributed by atoms with van der Waals surface area (Å²) >= 11 is 1.80. The number of aryl methyl sites for hydroxylation is 2. The minimum Gasteiger partial charge on any atom is -0.258 e. The van der Waals surface area contributed by atoms with E-state index < -0.39 is 0 Å². The van der Waals surface area contributed by atoms with Gasteiger partial charge in [0, 0.05) is 10.4 Å². The fourth-order valence-corrected chi connectivity index (χ4v) is 6.78. The van der Waals surface area contributed by atoms with Crippen molar-refractivity contribution in [2.45, 2.75) is 60.4 Å². The van der Waals surface area contributed by atoms with E-state index in [2.05, 4.69) is 25.9 Å². The molecule has 0 spiro atoms. The van der Waals surface area contributed by atoms with Crippen LogP contribution in [0.5, 0.6) is 0 Å². The number of benzene rings is 1. The van der Waals surface area contributed by atoms with Crippen LogP contribution in [0.15, 0.2) is 30.6 Å². The fraction of sp³-hybridized carbons (Fsp3) is 0.407. The Morgan fingerprint density at radius 3 is 2.76 bits per heavy atom. The average molecular weight is 516 g/mol. The Bertz CT molecular complexity index is 1690. The summed E-state index contributed by atoms with van der Waals surface area (Å²) in [6.45, 7) is 10.8. The molecule has 0 saturated heterocycles. The quantitative estimate of drug-likeness (QED) is 0.217. The van der Waals surface area contributed by atoms with Gasteiger partial charge in [-0.2, -0.15) is 5.10 Å². The first-order valence-electron chi connectivity index (χ1n) is 12.5. The average Bonchev–Trinajstić information content (AvgIpc) is 3.51. The fourth-order valence-electron chi connectivity index (χ4n) is 5.52. The molecule has 0 N–H and O–H groups in total. The van der Waals surface area contributed by atoms with E-state index in [1.165, 1.54) is 16.9 Å². The molecule has 4 heterocycles. The number of nitrogens with zero attached hydrogens (tertiary/aromatic N) is 7. The van der Waals surface area contributed by atoms with Crippen molar-refractivity contribution in [2.75, 3.05) is 0 Å². The van der Waals surface area contributed by atoms with Gasteiger partial charge in [0.25, 0.3) is 0 Å². The number of rotatable bonds is 4. The molecular formula is C27H29N7O2S. The molecular weight excluding hydrogens is 486 g/mol. The molecule has 0 bridgehead atoms. The Balaban J connectivity index is 1.36. The SMILES string of the molecule is Cc1nn(Cc2cccc(-c3nc4c5c6c(sc5ncn4n3)CC(C(C)(C)C)CC6)c2)c(C)c1[N+](=O)[O-]. The first kappa shape index (κ1) is 23.7. The van der Waals surface area contributed by atoms with Crippen LogP contribution in [-0.2, 0) is 19.4 Å². The van der Waals surface area contributed by atoms with E-state index in [1.54, 1.807) is 40.7 Å². The summed E-state index contributed by atoms with van der Waals surface area (Å²) in [5.74, 6) is 1.31. The second-order valence-corrected chi connectivity index (χ2v) is 12.2. The van der Waals surface area contributed by atoms with Crippen LogP contribution >= 0.6 is 11.3 Å². The zero-order valence-corrected chi connectivity index (χ0v) is 22.5. The van der Waals surface area contributed by atoms with Crippen LogP contribution in [0.25, 0.3) is 27.3 Å². The second kappa shape index (κ2) is 8.44. The molecule has 0 saturated carbocycles. The van der Waals surface area contributed by atoms with Crippen molar-refractivity contribution in [1.29, 1.82) is 0 Å². The van der Waals surface area contributed by atoms with E-state index in [9.17, 15) is 10.1 Å². The van der Waals surface area contributed by atoms with Gasteiger partial charge in [0.2, 0.25) is 0 Å². The van der Waals surface area contributed by atoms with Crippen molar-refractivity contribution in [1.82, 2.24) is 29.4 Å². The zero-order chi connectivity index (χ0) is 26.1. The summed E-state index contributed by atoms with van der Waals surface area (Å²) in [6.07, 6.45) is 5.08. The van der Waals surface area contributed by atoms with Crippen LogP contribution in [0.1, 0.15) is 54.6 Å². The summed E-state index contributed by atoms with van der Waals surface area (Å²) in [5.41, 5.74) is 5.44. The van der Waals surface area contributed by atoms with E-state index in [4.69, 9.17) is 15.1 Å². The number of hydrogen-bond acceptors (Lipinski definition) is 7. The van der Waals surface area contributed by atoms with Crippen LogP contribution < -0.4 is 0 Å². The molecule has 0 fully saturated rings. The third-order valence-electron chi connectivity index (χ3n) is 7.65. The van der Waals surface area contributed by atoms with Crippen LogP contribution in [0.4, 0.5) is 5.69 Å². The topological polar surface area (TPSA) is 104 Å². The van der Waals surface area contributed by atoms with E-state index in [-0.39, 0.29) is 10.6 Å². The maximum absolute atomic E-state index is 11.4. The molecule has 10 heteroatoms. The molecule has 1 aliphatic carbocycles. The van der Waals surface area contributed by atoms with Gasteiger partial charge in [0.15, 0.2) is 11.5 Å². The van der Waals surface area contributed by atoms with Crippen molar-refractivity contribution < 1.29 is 4.92 Å². The third-order valence-corrected chi connectivity index (χ3v) is 8.82. The van der Waals surface area contributed by atoms with Gasteiger partial charge >= 0.3 is 5.69 Å². The lowest BCUT2D eigenvalue weighted by molar-refractivity contribution is -0.386. The highest BCUT2D eigenvalue weighted by atomic mass is 32.1. The summed E-state index contributed by atoms with van der Waals surface area (Å²) < 4.78 is 3.47. The Morgan fingerprint density at radius 1 is 1.22 bits per heavy atom. The lowest BCUT2D eigenvalue weighted by Crippen LogP contribution is -2.26. The Hall–Kier alpha value is -3.66. The largest absolute Gasteiger partial charge is 0.312 e. The van der Waals surface area contributed by atoms with Crippen molar-refractivity contribution in [3.63, 3.8) is 0 Å². The molecule has 9 nitrogen and oxygen atoms in total. The Kier molecular flexibility index (Phi) is 5.41. The number of aromatic nitrogens is 6. The summed E-state index contributed by atoms with van der Waals surface area (Å²) in [6, 6.07) is 7.97. The highest BCUT2D eigenvalue weighted by Gasteiger charge is 2.32. The summed E-state index contributed by atoms with van der Waals surface area (Å²) in [7, 11) is 0. The molecule has 5 aromatic rings. The van der Waals surface area contributed by atoms with Crippen molar-refractivity contribution >= 4 is 32.9 Å². The number of nitro groups is 1. The number of fused-ring (bicyclic) bond motifs is 5. The van der Waals surface area contributed by atoms with Gasteiger partial charge in [0.1, 0.15) is 22.5 Å². The molecule has 1 unspecified atom stereocenters. The summed E-state index contributed by atoms with van der Waals surface area (Å²) in [5, 5.41) is 21.7. The standard InChI is InChI=1S/C27H29N7O2S/c1-15-23(34(35)36)16(2)32(30-15)13-17-7-6-8-18(11-17)24-29-25-22-20-10-9-19(27(3,4)5)12-21(20)37-26(22)28-14-33(25)31-24/h6-8,11,14,19H,9-10,12-13H2,1-5H3. The van der Waals surface area contributed by atoms with Crippen molar-refractivity contribution in [3.8, 4) is 11.4 Å². The monoisotopic (exact) mass is 515 g/mol. The van der Waals surface area contributed by atoms with Gasteiger partial charge in [-0.25, -0.2) is 14.5 Å². The van der Waals surface area contributed by atoms with Gasteiger partial charge in [-0.05, 0) is 61.6 Å². The predicted molar refractivity (Wildman–Crippen MR) is 144 cm³/mol. The molecule has 1 atom stereocenters. The smallest absolute Gasteiger partial charge is 0.258 e. The number of hydrogen-bond donors (Lipinski definition) is 0. The predicted octanol–water partition coefficient (Wildman–Crippen LogP) is 5.93. The van der Waals surface area contributed by atoms with E-state index >= 15 is 0 Å². The van der Waals surface area contributed by atoms with Crippen molar-refractivity contribution in [3.05, 3.63) is 68.1 Å². The lowest BCUT2D eigenvalue weighted by Gasteiger charge is -2.33. The third kappa shape index (κ3) is 3.99. The van der Waals surface area contributed by atoms with Gasteiger partial charge in [-0.1, -0.05) is 39.0 Å². The van der Waals surface area contributed by atoms with Crippen LogP contribution in [0.3, 0.4) is 0 Å². The first-order valence-corrected chi connectivity index (χ1v) is 13.3. The normalized spacial score (nSPS) is 16.0. The lowest BCUT2D eigenvalue weighted by atomic mass is 9.72. The Labute approximate surface area is 218 Å².